The largest absolute Gasteiger partial charge is 0.384 e. The minimum absolute atomic E-state index is 0.0805. The number of likely N-dealkylation sites (N-methyl/N-ethyl adjacent to an activating group) is 1. The molecule has 0 aliphatic rings. The molecule has 1 rings (SSSR count). The fourth-order valence-electron chi connectivity index (χ4n) is 2.45. The molecule has 0 fully saturated rings. The number of hydrogen-bond acceptors (Lipinski definition) is 5. The van der Waals surface area contributed by atoms with Gasteiger partial charge in [0.2, 0.25) is 0 Å². The van der Waals surface area contributed by atoms with Crippen molar-refractivity contribution in [2.45, 2.75) is 33.2 Å². The van der Waals surface area contributed by atoms with E-state index in [0.717, 1.165) is 15.6 Å². The Hall–Kier alpha value is -1.89. The Morgan fingerprint density at radius 1 is 1.18 bits per heavy atom. The van der Waals surface area contributed by atoms with Gasteiger partial charge in [-0.2, -0.15) is 0 Å². The maximum Gasteiger partial charge on any atom is 0.332 e. The molecule has 1 atom stereocenters. The van der Waals surface area contributed by atoms with Crippen molar-refractivity contribution in [3.8, 4) is 0 Å². The van der Waals surface area contributed by atoms with Crippen molar-refractivity contribution >= 4 is 11.6 Å². The number of nitrogens with two attached hydrogens (primary N) is 1. The molecule has 0 aliphatic carbocycles. The molecule has 0 aliphatic heterocycles. The predicted octanol–water partition coefficient (Wildman–Crippen LogP) is 0.215. The maximum absolute atomic E-state index is 12.5. The number of nitrogens with zero attached hydrogens (tertiary/aromatic N) is 3. The van der Waals surface area contributed by atoms with Gasteiger partial charge in [-0.15, -0.1) is 0 Å². The van der Waals surface area contributed by atoms with Gasteiger partial charge in [-0.05, 0) is 26.3 Å². The number of carbonyl (C=O) groups excluding carboxylic acids is 1. The zero-order valence-corrected chi connectivity index (χ0v) is 14.2. The third-order valence-electron chi connectivity index (χ3n) is 3.95. The lowest BCUT2D eigenvalue weighted by Crippen LogP contribution is -2.43. The molecule has 0 amide bonds. The van der Waals surface area contributed by atoms with Crippen LogP contribution in [-0.2, 0) is 14.1 Å². The number of carbonyl (C=O) groups is 1. The highest BCUT2D eigenvalue weighted by Gasteiger charge is 2.22. The van der Waals surface area contributed by atoms with E-state index in [0.29, 0.717) is 5.92 Å². The summed E-state index contributed by atoms with van der Waals surface area (Å²) < 4.78 is 2.02. The monoisotopic (exact) mass is 310 g/mol. The number of hydrogen-bond donors (Lipinski definition) is 1. The van der Waals surface area contributed by atoms with E-state index >= 15 is 0 Å². The van der Waals surface area contributed by atoms with Crippen LogP contribution in [0.3, 0.4) is 0 Å². The van der Waals surface area contributed by atoms with Crippen LogP contribution in [0.4, 0.5) is 5.82 Å². The molecule has 0 aromatic carbocycles. The first-order valence-corrected chi connectivity index (χ1v) is 7.36. The van der Waals surface area contributed by atoms with Crippen molar-refractivity contribution in [3.63, 3.8) is 0 Å². The molecule has 0 saturated carbocycles. The fourth-order valence-corrected chi connectivity index (χ4v) is 2.45. The van der Waals surface area contributed by atoms with Gasteiger partial charge >= 0.3 is 5.69 Å². The highest BCUT2D eigenvalue weighted by atomic mass is 16.2. The highest BCUT2D eigenvalue weighted by molar-refractivity contribution is 6.01. The van der Waals surface area contributed by atoms with Gasteiger partial charge in [-0.25, -0.2) is 4.79 Å². The number of aromatic nitrogens is 2. The van der Waals surface area contributed by atoms with Gasteiger partial charge in [0.05, 0.1) is 6.54 Å². The molecule has 0 bridgehead atoms. The van der Waals surface area contributed by atoms with Crippen molar-refractivity contribution < 1.29 is 4.79 Å². The van der Waals surface area contributed by atoms with Gasteiger partial charge in [0.15, 0.2) is 5.78 Å². The third kappa shape index (κ3) is 3.65. The van der Waals surface area contributed by atoms with Gasteiger partial charge in [0, 0.05) is 20.1 Å². The Labute approximate surface area is 130 Å². The summed E-state index contributed by atoms with van der Waals surface area (Å²) in [7, 11) is 4.62. The Bertz CT molecular complexity index is 673. The summed E-state index contributed by atoms with van der Waals surface area (Å²) in [5.74, 6) is 0.0675. The number of nitrogen functional groups attached to an aromatic ring is 1. The van der Waals surface area contributed by atoms with Crippen LogP contribution in [0.25, 0.3) is 0 Å². The Kier molecular flexibility index (Phi) is 5.71. The molecule has 1 heterocycles. The highest BCUT2D eigenvalue weighted by Crippen LogP contribution is 2.11. The second-order valence-electron chi connectivity index (χ2n) is 6.28. The molecular weight excluding hydrogens is 284 g/mol. The number of Topliss-reactive ketones (excluding diaryl/α,β-unsaturated/α-hetero) is 1. The summed E-state index contributed by atoms with van der Waals surface area (Å²) >= 11 is 0. The van der Waals surface area contributed by atoms with Gasteiger partial charge in [-0.1, -0.05) is 13.8 Å². The van der Waals surface area contributed by atoms with E-state index in [9.17, 15) is 14.4 Å². The molecule has 7 nitrogen and oxygen atoms in total. The van der Waals surface area contributed by atoms with E-state index in [2.05, 4.69) is 13.8 Å². The van der Waals surface area contributed by atoms with E-state index in [-0.39, 0.29) is 29.8 Å². The molecule has 124 valence electrons. The molecular formula is C15H26N4O3. The minimum Gasteiger partial charge on any atom is -0.384 e. The average Bonchev–Trinajstić information content (AvgIpc) is 2.42. The number of rotatable bonds is 6. The smallest absolute Gasteiger partial charge is 0.332 e. The van der Waals surface area contributed by atoms with E-state index in [1.54, 1.807) is 0 Å². The van der Waals surface area contributed by atoms with Crippen molar-refractivity contribution in [1.82, 2.24) is 14.0 Å². The van der Waals surface area contributed by atoms with E-state index in [4.69, 9.17) is 5.73 Å². The normalized spacial score (nSPS) is 12.9. The molecule has 2 N–H and O–H groups in total. The van der Waals surface area contributed by atoms with Gasteiger partial charge in [0.1, 0.15) is 11.4 Å². The van der Waals surface area contributed by atoms with Crippen LogP contribution >= 0.6 is 0 Å². The van der Waals surface area contributed by atoms with Crippen LogP contribution in [-0.4, -0.2) is 39.5 Å². The molecule has 0 saturated heterocycles. The molecule has 1 aromatic rings. The third-order valence-corrected chi connectivity index (χ3v) is 3.95. The topological polar surface area (TPSA) is 90.3 Å². The fraction of sp³-hybridized carbons (Fsp3) is 0.667. The lowest BCUT2D eigenvalue weighted by molar-refractivity contribution is 0.0914. The second-order valence-corrected chi connectivity index (χ2v) is 6.28. The van der Waals surface area contributed by atoms with Crippen LogP contribution in [0.5, 0.6) is 0 Å². The zero-order valence-electron chi connectivity index (χ0n) is 14.2. The van der Waals surface area contributed by atoms with Crippen LogP contribution in [0, 0.1) is 5.92 Å². The summed E-state index contributed by atoms with van der Waals surface area (Å²) in [4.78, 5) is 38.3. The van der Waals surface area contributed by atoms with Crippen LogP contribution < -0.4 is 17.0 Å². The first kappa shape index (κ1) is 18.2. The minimum atomic E-state index is -0.643. The zero-order chi connectivity index (χ0) is 17.2. The lowest BCUT2D eigenvalue weighted by atomic mass is 10.0. The summed E-state index contributed by atoms with van der Waals surface area (Å²) in [6.45, 7) is 6.36. The van der Waals surface area contributed by atoms with Crippen LogP contribution in [0.1, 0.15) is 37.6 Å². The quantitative estimate of drug-likeness (QED) is 0.759. The van der Waals surface area contributed by atoms with Crippen molar-refractivity contribution in [3.05, 3.63) is 26.4 Å². The summed E-state index contributed by atoms with van der Waals surface area (Å²) in [6.07, 6.45) is 0.949. The van der Waals surface area contributed by atoms with Crippen molar-refractivity contribution in [1.29, 1.82) is 0 Å². The van der Waals surface area contributed by atoms with Gasteiger partial charge in [-0.3, -0.25) is 23.6 Å². The molecule has 1 aromatic heterocycles. The summed E-state index contributed by atoms with van der Waals surface area (Å²) in [6, 6.07) is 0.210. The average molecular weight is 310 g/mol. The molecule has 0 radical (unpaired) electrons. The molecule has 22 heavy (non-hydrogen) atoms. The molecule has 7 heteroatoms. The van der Waals surface area contributed by atoms with Gasteiger partial charge in [0.25, 0.3) is 5.56 Å². The summed E-state index contributed by atoms with van der Waals surface area (Å²) in [5.41, 5.74) is 4.50. The Balaban J connectivity index is 3.10. The predicted molar refractivity (Wildman–Crippen MR) is 87.2 cm³/mol. The first-order valence-electron chi connectivity index (χ1n) is 7.36. The van der Waals surface area contributed by atoms with Crippen LogP contribution in [0.15, 0.2) is 9.59 Å². The lowest BCUT2D eigenvalue weighted by Gasteiger charge is -2.25. The molecule has 0 spiro atoms. The standard InChI is InChI=1S/C15H26N4O3/c1-9(2)7-10(3)17(4)8-11(20)12-13(16)18(5)15(22)19(6)14(12)21/h9-10H,7-8,16H2,1-6H3. The number of ketones is 1. The molecule has 1 unspecified atom stereocenters. The van der Waals surface area contributed by atoms with E-state index in [1.165, 1.54) is 14.1 Å². The van der Waals surface area contributed by atoms with Crippen molar-refractivity contribution in [2.24, 2.45) is 20.0 Å². The van der Waals surface area contributed by atoms with E-state index < -0.39 is 11.2 Å². The van der Waals surface area contributed by atoms with E-state index in [1.807, 2.05) is 18.9 Å². The number of anilines is 1. The Morgan fingerprint density at radius 3 is 2.23 bits per heavy atom. The summed E-state index contributed by atoms with van der Waals surface area (Å²) in [5, 5.41) is 0. The second kappa shape index (κ2) is 6.91. The maximum atomic E-state index is 12.5. The van der Waals surface area contributed by atoms with Crippen LogP contribution in [0.2, 0.25) is 0 Å². The Morgan fingerprint density at radius 2 is 1.73 bits per heavy atom. The van der Waals surface area contributed by atoms with Gasteiger partial charge < -0.3 is 5.73 Å². The first-order chi connectivity index (χ1) is 10.1. The van der Waals surface area contributed by atoms with Crippen molar-refractivity contribution in [2.75, 3.05) is 19.3 Å². The SMILES string of the molecule is CC(C)CC(C)N(C)CC(=O)c1c(N)n(C)c(=O)n(C)c1=O.